The molecule has 0 aliphatic rings. The number of ether oxygens (including phenoxy) is 1. The van der Waals surface area contributed by atoms with Crippen LogP contribution in [0.15, 0.2) is 24.3 Å². The molecule has 2 unspecified atom stereocenters. The number of benzene rings is 1. The van der Waals surface area contributed by atoms with Crippen LogP contribution in [-0.2, 0) is 38.4 Å². The molecule has 0 aliphatic carbocycles. The maximum absolute atomic E-state index is 12.4. The number of aliphatic hydroxyl groups is 2. The first-order valence-corrected chi connectivity index (χ1v) is 20.2. The van der Waals surface area contributed by atoms with Gasteiger partial charge in [-0.15, -0.1) is 0 Å². The van der Waals surface area contributed by atoms with Crippen molar-refractivity contribution in [1.29, 1.82) is 0 Å². The summed E-state index contributed by atoms with van der Waals surface area (Å²) in [5, 5.41) is 46.8. The topological polar surface area (TPSA) is 320 Å². The molecule has 1 rings (SSSR count). The minimum atomic E-state index is -1.38. The van der Waals surface area contributed by atoms with Crippen molar-refractivity contribution in [1.82, 2.24) is 42.5 Å². The van der Waals surface area contributed by atoms with E-state index in [0.29, 0.717) is 25.3 Å². The third-order valence-electron chi connectivity index (χ3n) is 8.58. The number of rotatable bonds is 33. The highest BCUT2D eigenvalue weighted by atomic mass is 16.5. The molecule has 0 saturated carbocycles. The molecule has 0 aliphatic heterocycles. The molecule has 8 amide bonds. The Hall–Kier alpha value is -5.83. The van der Waals surface area contributed by atoms with E-state index in [4.69, 9.17) is 9.84 Å². The van der Waals surface area contributed by atoms with Gasteiger partial charge in [-0.05, 0) is 49.9 Å². The second kappa shape index (κ2) is 32.1. The fourth-order valence-electron chi connectivity index (χ4n) is 5.15. The summed E-state index contributed by atoms with van der Waals surface area (Å²) in [6.45, 7) is -0.467. The van der Waals surface area contributed by atoms with Crippen LogP contribution >= 0.6 is 0 Å². The summed E-state index contributed by atoms with van der Waals surface area (Å²) >= 11 is 0. The molecule has 1 aromatic carbocycles. The third-order valence-corrected chi connectivity index (χ3v) is 8.58. The van der Waals surface area contributed by atoms with Gasteiger partial charge in [-0.3, -0.25) is 38.4 Å². The lowest BCUT2D eigenvalue weighted by Crippen LogP contribution is -2.53. The minimum Gasteiger partial charge on any atom is -0.494 e. The van der Waals surface area contributed by atoms with Gasteiger partial charge in [-0.1, -0.05) is 45.4 Å². The number of aromatic carboxylic acids is 1. The molecule has 336 valence electrons. The van der Waals surface area contributed by atoms with E-state index in [1.54, 1.807) is 12.1 Å². The predicted molar refractivity (Wildman–Crippen MR) is 216 cm³/mol. The smallest absolute Gasteiger partial charge is 0.335 e. The number of hydrogen-bond donors (Lipinski definition) is 11. The lowest BCUT2D eigenvalue weighted by atomic mass is 10.1. The van der Waals surface area contributed by atoms with Crippen LogP contribution in [0, 0.1) is 0 Å². The Labute approximate surface area is 349 Å². The minimum absolute atomic E-state index is 0.0362. The van der Waals surface area contributed by atoms with Crippen molar-refractivity contribution in [2.45, 2.75) is 96.1 Å². The van der Waals surface area contributed by atoms with E-state index in [0.717, 1.165) is 57.8 Å². The molecule has 0 aromatic heterocycles. The molecular weight excluding hydrogens is 788 g/mol. The average molecular weight is 851 g/mol. The van der Waals surface area contributed by atoms with E-state index in [2.05, 4.69) is 42.5 Å². The molecule has 2 atom stereocenters. The Kier molecular flexibility index (Phi) is 27.9. The van der Waals surface area contributed by atoms with Crippen molar-refractivity contribution in [2.24, 2.45) is 0 Å². The number of carboxylic acids is 1. The number of nitrogens with one attached hydrogen (secondary N) is 8. The van der Waals surface area contributed by atoms with Crippen LogP contribution in [0.1, 0.15) is 94.3 Å². The maximum atomic E-state index is 12.4. The lowest BCUT2D eigenvalue weighted by molar-refractivity contribution is -0.132. The molecule has 11 N–H and O–H groups in total. The summed E-state index contributed by atoms with van der Waals surface area (Å²) in [4.78, 5) is 108. The molecule has 0 bridgehead atoms. The monoisotopic (exact) mass is 850 g/mol. The van der Waals surface area contributed by atoms with E-state index in [-0.39, 0.29) is 37.4 Å². The van der Waals surface area contributed by atoms with Crippen LogP contribution in [-0.4, -0.2) is 140 Å². The van der Waals surface area contributed by atoms with Crippen LogP contribution < -0.4 is 47.3 Å². The van der Waals surface area contributed by atoms with E-state index in [9.17, 15) is 53.4 Å². The zero-order valence-corrected chi connectivity index (χ0v) is 34.2. The van der Waals surface area contributed by atoms with E-state index >= 15 is 0 Å². The van der Waals surface area contributed by atoms with E-state index in [1.807, 2.05) is 6.92 Å². The first-order valence-electron chi connectivity index (χ1n) is 20.2. The highest BCUT2D eigenvalue weighted by molar-refractivity contribution is 5.94. The Morgan fingerprint density at radius 2 is 0.967 bits per heavy atom. The van der Waals surface area contributed by atoms with Gasteiger partial charge in [-0.2, -0.15) is 0 Å². The number of hydrogen-bond acceptors (Lipinski definition) is 12. The second-order valence-corrected chi connectivity index (χ2v) is 13.7. The van der Waals surface area contributed by atoms with E-state index in [1.165, 1.54) is 12.1 Å². The first kappa shape index (κ1) is 52.2. The fraction of sp³-hybridized carbons (Fsp3) is 0.615. The number of amides is 8. The molecule has 0 radical (unpaired) electrons. The predicted octanol–water partition coefficient (Wildman–Crippen LogP) is -1.88. The highest BCUT2D eigenvalue weighted by Crippen LogP contribution is 2.14. The summed E-state index contributed by atoms with van der Waals surface area (Å²) in [7, 11) is 0. The number of unbranched alkanes of at least 4 members (excludes halogenated alkanes) is 7. The summed E-state index contributed by atoms with van der Waals surface area (Å²) < 4.78 is 5.63. The third kappa shape index (κ3) is 25.5. The van der Waals surface area contributed by atoms with Crippen LogP contribution in [0.3, 0.4) is 0 Å². The van der Waals surface area contributed by atoms with Crippen molar-refractivity contribution in [3.8, 4) is 5.75 Å². The summed E-state index contributed by atoms with van der Waals surface area (Å²) in [5.74, 6) is -5.55. The SMILES string of the molecule is CCCCNC(=O)CNC(=O)C(CO)NC(=O)CNC(=O)CNC(=O)CNC(=O)C(CO)NC(=O)CCCNC(=O)CCCCCCCCCOc1ccc(C(=O)O)cc1. The van der Waals surface area contributed by atoms with Crippen LogP contribution in [0.2, 0.25) is 0 Å². The van der Waals surface area contributed by atoms with Crippen molar-refractivity contribution >= 4 is 53.2 Å². The molecule has 0 fully saturated rings. The zero-order chi connectivity index (χ0) is 44.5. The fourth-order valence-corrected chi connectivity index (χ4v) is 5.15. The van der Waals surface area contributed by atoms with Gasteiger partial charge < -0.3 is 62.6 Å². The Bertz CT molecular complexity index is 1530. The van der Waals surface area contributed by atoms with Crippen LogP contribution in [0.25, 0.3) is 0 Å². The standard InChI is InChI=1S/C39H62N8O13/c1-2-3-18-41-33(52)22-44-38(57)30(26-49)47-36(55)24-43-34(53)21-42-35(54)23-45-37(56)29(25-48)46-32(51)13-11-19-40-31(50)12-9-7-5-4-6-8-10-20-60-28-16-14-27(15-17-28)39(58)59/h14-17,29-30,48-49H,2-13,18-26H2,1H3,(H,40,50)(H,41,52)(H,42,54)(H,43,53)(H,44,57)(H,45,56)(H,46,51)(H,47,55)(H,58,59). The van der Waals surface area contributed by atoms with Gasteiger partial charge in [0.05, 0.1) is 51.6 Å². The summed E-state index contributed by atoms with van der Waals surface area (Å²) in [6, 6.07) is 3.55. The largest absolute Gasteiger partial charge is 0.494 e. The molecular formula is C39H62N8O13. The second-order valence-electron chi connectivity index (χ2n) is 13.7. The molecule has 0 spiro atoms. The molecule has 21 nitrogen and oxygen atoms in total. The Morgan fingerprint density at radius 1 is 0.517 bits per heavy atom. The van der Waals surface area contributed by atoms with Gasteiger partial charge in [0.2, 0.25) is 47.3 Å². The van der Waals surface area contributed by atoms with Crippen molar-refractivity contribution in [3.05, 3.63) is 29.8 Å². The number of carbonyl (C=O) groups is 9. The summed E-state index contributed by atoms with van der Waals surface area (Å²) in [5.41, 5.74) is 0.212. The quantitative estimate of drug-likeness (QED) is 0.0346. The molecule has 21 heteroatoms. The number of carboxylic acid groups (broad SMARTS) is 1. The van der Waals surface area contributed by atoms with Gasteiger partial charge in [0.1, 0.15) is 17.8 Å². The Balaban J connectivity index is 2.13. The molecule has 60 heavy (non-hydrogen) atoms. The van der Waals surface area contributed by atoms with Gasteiger partial charge in [0, 0.05) is 25.9 Å². The Morgan fingerprint density at radius 3 is 1.52 bits per heavy atom. The molecule has 0 saturated heterocycles. The van der Waals surface area contributed by atoms with E-state index < -0.39 is 92.3 Å². The van der Waals surface area contributed by atoms with Crippen molar-refractivity contribution < 1.29 is 63.2 Å². The van der Waals surface area contributed by atoms with Crippen molar-refractivity contribution in [3.63, 3.8) is 0 Å². The number of carbonyl (C=O) groups excluding carboxylic acids is 8. The summed E-state index contributed by atoms with van der Waals surface area (Å²) in [6.07, 6.45) is 8.86. The van der Waals surface area contributed by atoms with Crippen LogP contribution in [0.5, 0.6) is 5.75 Å². The first-order chi connectivity index (χ1) is 28.8. The normalized spacial score (nSPS) is 11.5. The maximum Gasteiger partial charge on any atom is 0.335 e. The van der Waals surface area contributed by atoms with Gasteiger partial charge in [0.15, 0.2) is 0 Å². The van der Waals surface area contributed by atoms with Gasteiger partial charge >= 0.3 is 5.97 Å². The van der Waals surface area contributed by atoms with Gasteiger partial charge in [-0.25, -0.2) is 4.79 Å². The lowest BCUT2D eigenvalue weighted by Gasteiger charge is -2.17. The number of aliphatic hydroxyl groups excluding tert-OH is 2. The molecule has 0 heterocycles. The molecule has 1 aromatic rings. The van der Waals surface area contributed by atoms with Crippen molar-refractivity contribution in [2.75, 3.05) is 59.1 Å². The highest BCUT2D eigenvalue weighted by Gasteiger charge is 2.22. The van der Waals surface area contributed by atoms with Crippen LogP contribution in [0.4, 0.5) is 0 Å². The van der Waals surface area contributed by atoms with Gasteiger partial charge in [0.25, 0.3) is 0 Å². The average Bonchev–Trinajstić information content (AvgIpc) is 3.23. The zero-order valence-electron chi connectivity index (χ0n) is 34.2.